The Kier molecular flexibility index (Phi) is 11.3. The molecule has 0 unspecified atom stereocenters. The predicted molar refractivity (Wildman–Crippen MR) is 136 cm³/mol. The molecule has 0 atom stereocenters. The number of carboxylic acid groups (broad SMARTS) is 1. The maximum absolute atomic E-state index is 11.6. The van der Waals surface area contributed by atoms with E-state index in [0.29, 0.717) is 23.9 Å². The van der Waals surface area contributed by atoms with Crippen LogP contribution in [0.3, 0.4) is 0 Å². The molecule has 182 valence electrons. The SMILES string of the molecule is CCCCCCCCCCCCOc1ccc(C(=O)O)c(Oc2ccc(C(C)(C)C)cc2)c1. The van der Waals surface area contributed by atoms with Gasteiger partial charge in [0.15, 0.2) is 0 Å². The van der Waals surface area contributed by atoms with Crippen molar-refractivity contribution in [2.75, 3.05) is 6.61 Å². The highest BCUT2D eigenvalue weighted by Gasteiger charge is 2.16. The number of ether oxygens (including phenoxy) is 2. The number of rotatable bonds is 15. The topological polar surface area (TPSA) is 55.8 Å². The van der Waals surface area contributed by atoms with E-state index >= 15 is 0 Å². The Morgan fingerprint density at radius 1 is 0.788 bits per heavy atom. The first-order valence-corrected chi connectivity index (χ1v) is 12.6. The van der Waals surface area contributed by atoms with Gasteiger partial charge in [0.2, 0.25) is 0 Å². The molecular weight excluding hydrogens is 412 g/mol. The van der Waals surface area contributed by atoms with Gasteiger partial charge in [0, 0.05) is 6.07 Å². The summed E-state index contributed by atoms with van der Waals surface area (Å²) in [6, 6.07) is 12.7. The Hall–Kier alpha value is -2.49. The zero-order valence-electron chi connectivity index (χ0n) is 21.0. The number of carboxylic acids is 1. The predicted octanol–water partition coefficient (Wildman–Crippen LogP) is 8.77. The van der Waals surface area contributed by atoms with Gasteiger partial charge in [-0.1, -0.05) is 97.6 Å². The molecule has 0 aromatic heterocycles. The van der Waals surface area contributed by atoms with Crippen molar-refractivity contribution in [1.29, 1.82) is 0 Å². The molecule has 0 radical (unpaired) electrons. The highest BCUT2D eigenvalue weighted by Crippen LogP contribution is 2.31. The van der Waals surface area contributed by atoms with Gasteiger partial charge in [-0.2, -0.15) is 0 Å². The van der Waals surface area contributed by atoms with E-state index in [9.17, 15) is 9.90 Å². The molecule has 0 fully saturated rings. The third-order valence-electron chi connectivity index (χ3n) is 5.90. The molecule has 0 saturated heterocycles. The molecule has 0 aliphatic carbocycles. The number of benzene rings is 2. The second-order valence-corrected chi connectivity index (χ2v) is 9.87. The lowest BCUT2D eigenvalue weighted by atomic mass is 9.87. The standard InChI is InChI=1S/C29H42O4/c1-5-6-7-8-9-10-11-12-13-14-21-32-25-19-20-26(28(30)31)27(22-25)33-24-17-15-23(16-18-24)29(2,3)4/h15-20,22H,5-14,21H2,1-4H3,(H,30,31). The van der Waals surface area contributed by atoms with Crippen LogP contribution in [0.1, 0.15) is 108 Å². The maximum Gasteiger partial charge on any atom is 0.339 e. The maximum atomic E-state index is 11.6. The number of aromatic carboxylic acids is 1. The quantitative estimate of drug-likeness (QED) is 0.273. The van der Waals surface area contributed by atoms with Crippen LogP contribution in [0.15, 0.2) is 42.5 Å². The van der Waals surface area contributed by atoms with Crippen molar-refractivity contribution in [3.8, 4) is 17.2 Å². The molecule has 0 bridgehead atoms. The molecule has 2 rings (SSSR count). The van der Waals surface area contributed by atoms with Crippen LogP contribution in [0, 0.1) is 0 Å². The number of unbranched alkanes of at least 4 members (excludes halogenated alkanes) is 9. The first-order valence-electron chi connectivity index (χ1n) is 12.6. The Morgan fingerprint density at radius 3 is 1.88 bits per heavy atom. The lowest BCUT2D eigenvalue weighted by Crippen LogP contribution is -2.10. The summed E-state index contributed by atoms with van der Waals surface area (Å²) >= 11 is 0. The van der Waals surface area contributed by atoms with Crippen molar-refractivity contribution < 1.29 is 19.4 Å². The molecule has 0 heterocycles. The van der Waals surface area contributed by atoms with Gasteiger partial charge in [-0.15, -0.1) is 0 Å². The van der Waals surface area contributed by atoms with E-state index in [1.54, 1.807) is 18.2 Å². The molecule has 4 nitrogen and oxygen atoms in total. The molecule has 0 amide bonds. The van der Waals surface area contributed by atoms with E-state index in [1.807, 2.05) is 24.3 Å². The molecule has 2 aromatic rings. The smallest absolute Gasteiger partial charge is 0.339 e. The van der Waals surface area contributed by atoms with Gasteiger partial charge in [-0.25, -0.2) is 4.79 Å². The van der Waals surface area contributed by atoms with E-state index in [0.717, 1.165) is 12.8 Å². The van der Waals surface area contributed by atoms with Gasteiger partial charge in [-0.05, 0) is 41.7 Å². The fraction of sp³-hybridized carbons (Fsp3) is 0.552. The summed E-state index contributed by atoms with van der Waals surface area (Å²) in [5.41, 5.74) is 1.37. The van der Waals surface area contributed by atoms with Crippen LogP contribution in [-0.4, -0.2) is 17.7 Å². The summed E-state index contributed by atoms with van der Waals surface area (Å²) in [4.78, 5) is 11.6. The van der Waals surface area contributed by atoms with Crippen molar-refractivity contribution in [2.24, 2.45) is 0 Å². The van der Waals surface area contributed by atoms with Gasteiger partial charge in [0.25, 0.3) is 0 Å². The lowest BCUT2D eigenvalue weighted by molar-refractivity contribution is 0.0694. The van der Waals surface area contributed by atoms with Crippen LogP contribution < -0.4 is 9.47 Å². The van der Waals surface area contributed by atoms with Crippen LogP contribution in [-0.2, 0) is 5.41 Å². The molecular formula is C29H42O4. The van der Waals surface area contributed by atoms with Gasteiger partial charge >= 0.3 is 5.97 Å². The number of hydrogen-bond acceptors (Lipinski definition) is 3. The van der Waals surface area contributed by atoms with Gasteiger partial charge in [-0.3, -0.25) is 0 Å². The Bertz CT molecular complexity index is 834. The molecule has 0 saturated carbocycles. The zero-order valence-corrected chi connectivity index (χ0v) is 21.0. The van der Waals surface area contributed by atoms with Crippen LogP contribution in [0.2, 0.25) is 0 Å². The van der Waals surface area contributed by atoms with Crippen LogP contribution in [0.25, 0.3) is 0 Å². The Labute approximate surface area is 200 Å². The normalized spacial score (nSPS) is 11.4. The molecule has 2 aromatic carbocycles. The zero-order chi connectivity index (χ0) is 24.1. The highest BCUT2D eigenvalue weighted by molar-refractivity contribution is 5.91. The molecule has 33 heavy (non-hydrogen) atoms. The fourth-order valence-electron chi connectivity index (χ4n) is 3.78. The Balaban J connectivity index is 1.81. The summed E-state index contributed by atoms with van der Waals surface area (Å²) in [6.07, 6.45) is 12.8. The molecule has 0 spiro atoms. The largest absolute Gasteiger partial charge is 0.493 e. The second kappa shape index (κ2) is 13.9. The number of hydrogen-bond donors (Lipinski definition) is 1. The van der Waals surface area contributed by atoms with Crippen molar-refractivity contribution >= 4 is 5.97 Å². The summed E-state index contributed by atoms with van der Waals surface area (Å²) in [6.45, 7) is 9.34. The van der Waals surface area contributed by atoms with Crippen molar-refractivity contribution in [3.63, 3.8) is 0 Å². The Morgan fingerprint density at radius 2 is 1.33 bits per heavy atom. The minimum absolute atomic E-state index is 0.0488. The molecule has 0 aliphatic heterocycles. The van der Waals surface area contributed by atoms with E-state index in [2.05, 4.69) is 27.7 Å². The van der Waals surface area contributed by atoms with Crippen molar-refractivity contribution in [1.82, 2.24) is 0 Å². The van der Waals surface area contributed by atoms with E-state index < -0.39 is 5.97 Å². The monoisotopic (exact) mass is 454 g/mol. The lowest BCUT2D eigenvalue weighted by Gasteiger charge is -2.19. The average molecular weight is 455 g/mol. The van der Waals surface area contributed by atoms with Gasteiger partial charge in [0.05, 0.1) is 6.61 Å². The fourth-order valence-corrected chi connectivity index (χ4v) is 3.78. The van der Waals surface area contributed by atoms with Crippen LogP contribution in [0.4, 0.5) is 0 Å². The van der Waals surface area contributed by atoms with Crippen LogP contribution in [0.5, 0.6) is 17.2 Å². The van der Waals surface area contributed by atoms with E-state index in [4.69, 9.17) is 9.47 Å². The van der Waals surface area contributed by atoms with E-state index in [1.165, 1.54) is 56.9 Å². The highest BCUT2D eigenvalue weighted by atomic mass is 16.5. The molecule has 4 heteroatoms. The van der Waals surface area contributed by atoms with Crippen molar-refractivity contribution in [3.05, 3.63) is 53.6 Å². The third kappa shape index (κ3) is 9.89. The first kappa shape index (κ1) is 26.8. The van der Waals surface area contributed by atoms with Gasteiger partial charge < -0.3 is 14.6 Å². The van der Waals surface area contributed by atoms with E-state index in [-0.39, 0.29) is 11.0 Å². The van der Waals surface area contributed by atoms with Gasteiger partial charge in [0.1, 0.15) is 22.8 Å². The minimum atomic E-state index is -1.02. The van der Waals surface area contributed by atoms with Crippen LogP contribution >= 0.6 is 0 Å². The second-order valence-electron chi connectivity index (χ2n) is 9.87. The summed E-state index contributed by atoms with van der Waals surface area (Å²) < 4.78 is 11.8. The number of carbonyl (C=O) groups is 1. The summed E-state index contributed by atoms with van der Waals surface area (Å²) in [7, 11) is 0. The summed E-state index contributed by atoms with van der Waals surface area (Å²) in [5, 5.41) is 9.54. The average Bonchev–Trinajstić information content (AvgIpc) is 2.77. The third-order valence-corrected chi connectivity index (χ3v) is 5.90. The molecule has 0 aliphatic rings. The summed E-state index contributed by atoms with van der Waals surface area (Å²) in [5.74, 6) is 0.527. The minimum Gasteiger partial charge on any atom is -0.493 e. The molecule has 1 N–H and O–H groups in total. The first-order chi connectivity index (χ1) is 15.8. The van der Waals surface area contributed by atoms with Crippen molar-refractivity contribution in [2.45, 2.75) is 97.3 Å².